The summed E-state index contributed by atoms with van der Waals surface area (Å²) in [6, 6.07) is 21.5. The lowest BCUT2D eigenvalue weighted by atomic mass is 9.93. The molecule has 0 fully saturated rings. The van der Waals surface area contributed by atoms with Gasteiger partial charge in [0.15, 0.2) is 0 Å². The van der Waals surface area contributed by atoms with E-state index in [9.17, 15) is 0 Å². The molecule has 0 amide bonds. The second-order valence-corrected chi connectivity index (χ2v) is 13.2. The van der Waals surface area contributed by atoms with Crippen molar-refractivity contribution in [1.82, 2.24) is 0 Å². The van der Waals surface area contributed by atoms with E-state index < -0.39 is 0 Å². The Morgan fingerprint density at radius 3 is 1.09 bits per heavy atom. The van der Waals surface area contributed by atoms with E-state index in [2.05, 4.69) is 167 Å². The summed E-state index contributed by atoms with van der Waals surface area (Å²) < 4.78 is 0. The van der Waals surface area contributed by atoms with E-state index >= 15 is 0 Å². The molecule has 0 bridgehead atoms. The summed E-state index contributed by atoms with van der Waals surface area (Å²) in [5.74, 6) is 1.67. The maximum atomic E-state index is 5.10. The summed E-state index contributed by atoms with van der Waals surface area (Å²) in [5, 5.41) is 7.10. The highest BCUT2D eigenvalue weighted by atomic mass is 14.9. The topological polar surface area (TPSA) is 48.8 Å². The number of rotatable bonds is 12. The zero-order valence-electron chi connectivity index (χ0n) is 29.1. The first-order valence-electron chi connectivity index (χ1n) is 16.1. The molecule has 44 heavy (non-hydrogen) atoms. The van der Waals surface area contributed by atoms with Gasteiger partial charge < -0.3 is 10.6 Å². The summed E-state index contributed by atoms with van der Waals surface area (Å²) >= 11 is 0. The molecule has 4 nitrogen and oxygen atoms in total. The molecule has 0 spiro atoms. The molecule has 3 rings (SSSR count). The molecule has 3 aromatic carbocycles. The molecule has 0 atom stereocenters. The number of hydrogen-bond donors (Lipinski definition) is 2. The average molecular weight is 591 g/mol. The van der Waals surface area contributed by atoms with Crippen molar-refractivity contribution in [3.05, 3.63) is 106 Å². The van der Waals surface area contributed by atoms with Gasteiger partial charge in [-0.1, -0.05) is 97.9 Å². The lowest BCUT2D eigenvalue weighted by Gasteiger charge is -2.17. The normalized spacial score (nSPS) is 13.5. The molecule has 0 aromatic heterocycles. The third-order valence-electron chi connectivity index (χ3n) is 7.66. The third kappa shape index (κ3) is 9.54. The van der Waals surface area contributed by atoms with E-state index in [0.29, 0.717) is 23.7 Å². The van der Waals surface area contributed by atoms with Gasteiger partial charge in [0.25, 0.3) is 0 Å². The van der Waals surface area contributed by atoms with Crippen LogP contribution in [0.25, 0.3) is 0 Å². The molecule has 0 aliphatic carbocycles. The number of hydrogen-bond acceptors (Lipinski definition) is 4. The maximum Gasteiger partial charge on any atom is 0.0701 e. The predicted octanol–water partition coefficient (Wildman–Crippen LogP) is 12.4. The number of nitrogens with zero attached hydrogens (tertiary/aromatic N) is 2. The highest BCUT2D eigenvalue weighted by Gasteiger charge is 2.14. The van der Waals surface area contributed by atoms with Crippen molar-refractivity contribution < 1.29 is 0 Å². The smallest absolute Gasteiger partial charge is 0.0701 e. The fraction of sp³-hybridized carbons (Fsp3) is 0.400. The Balaban J connectivity index is 1.79. The van der Waals surface area contributed by atoms with Crippen molar-refractivity contribution in [2.75, 3.05) is 10.6 Å². The van der Waals surface area contributed by atoms with Crippen molar-refractivity contribution in [3.8, 4) is 0 Å². The van der Waals surface area contributed by atoms with E-state index in [0.717, 1.165) is 45.6 Å². The van der Waals surface area contributed by atoms with Crippen LogP contribution in [-0.2, 0) is 0 Å². The molecule has 0 saturated heterocycles. The van der Waals surface area contributed by atoms with Gasteiger partial charge in [-0.05, 0) is 104 Å². The zero-order valence-corrected chi connectivity index (χ0v) is 29.1. The van der Waals surface area contributed by atoms with E-state index in [1.165, 1.54) is 22.3 Å². The van der Waals surface area contributed by atoms with Crippen LogP contribution in [0.2, 0.25) is 0 Å². The van der Waals surface area contributed by atoms with E-state index in [4.69, 9.17) is 9.98 Å². The van der Waals surface area contributed by atoms with E-state index in [1.807, 2.05) is 0 Å². The first-order chi connectivity index (χ1) is 20.8. The van der Waals surface area contributed by atoms with Gasteiger partial charge in [0.05, 0.1) is 11.4 Å². The molecule has 3 aromatic rings. The Kier molecular flexibility index (Phi) is 12.3. The molecule has 4 heteroatoms. The van der Waals surface area contributed by atoms with E-state index in [1.54, 1.807) is 0 Å². The van der Waals surface area contributed by atoms with Crippen LogP contribution in [0, 0.1) is 0 Å². The molecule has 0 heterocycles. The first-order valence-corrected chi connectivity index (χ1v) is 16.1. The Hall–Kier alpha value is -3.92. The van der Waals surface area contributed by atoms with Gasteiger partial charge in [0.2, 0.25) is 0 Å². The number of aliphatic imine (C=N–C) groups is 2. The number of benzene rings is 3. The summed E-state index contributed by atoms with van der Waals surface area (Å²) in [5.41, 5.74) is 13.5. The number of nitrogens with one attached hydrogen (secondary N) is 2. The predicted molar refractivity (Wildman–Crippen MR) is 196 cm³/mol. The summed E-state index contributed by atoms with van der Waals surface area (Å²) in [4.78, 5) is 10.2. The molecule has 0 unspecified atom stereocenters. The van der Waals surface area contributed by atoms with Gasteiger partial charge in [-0.3, -0.25) is 9.98 Å². The van der Waals surface area contributed by atoms with Crippen LogP contribution in [-0.4, -0.2) is 11.4 Å². The molecular formula is C40H54N4. The van der Waals surface area contributed by atoms with Gasteiger partial charge in [-0.25, -0.2) is 0 Å². The lowest BCUT2D eigenvalue weighted by molar-refractivity contribution is 0.834. The quantitative estimate of drug-likeness (QED) is 0.206. The summed E-state index contributed by atoms with van der Waals surface area (Å²) in [6.07, 6.45) is 4.24. The van der Waals surface area contributed by atoms with Crippen LogP contribution < -0.4 is 10.6 Å². The van der Waals surface area contributed by atoms with Crippen LogP contribution >= 0.6 is 0 Å². The van der Waals surface area contributed by atoms with Crippen molar-refractivity contribution in [2.24, 2.45) is 9.98 Å². The van der Waals surface area contributed by atoms with Gasteiger partial charge in [0, 0.05) is 34.2 Å². The van der Waals surface area contributed by atoms with Crippen molar-refractivity contribution in [2.45, 2.75) is 107 Å². The van der Waals surface area contributed by atoms with Crippen LogP contribution in [0.5, 0.6) is 0 Å². The number of para-hydroxylation sites is 2. The van der Waals surface area contributed by atoms with E-state index in [-0.39, 0.29) is 0 Å². The number of anilines is 2. The molecule has 2 N–H and O–H groups in total. The Labute approximate surface area is 267 Å². The fourth-order valence-corrected chi connectivity index (χ4v) is 5.53. The minimum atomic E-state index is 0.416. The van der Waals surface area contributed by atoms with Gasteiger partial charge >= 0.3 is 0 Å². The fourth-order valence-electron chi connectivity index (χ4n) is 5.53. The largest absolute Gasteiger partial charge is 0.359 e. The standard InChI is InChI=1S/C40H54N4/c1-25(2)35-18-14-19-36(26(3)4)39(35)43-31(11)22-29(9)41-33-16-13-17-34(24-33)42-30(10)23-32(12)44-40-37(27(5)6)20-15-21-38(40)28(7)8/h13-28,41-42H,1-12H3/b29-22-,30-23?,43-31?,44-32?. The minimum absolute atomic E-state index is 0.416. The SMILES string of the molecule is CC(=CC(C)=Nc1c(C(C)C)cccc1C(C)C)Nc1cccc(N/C(C)=C\C(C)=Nc2c(C(C)C)cccc2C(C)C)c1. The monoisotopic (exact) mass is 590 g/mol. The molecule has 0 aliphatic heterocycles. The summed E-state index contributed by atoms with van der Waals surface area (Å²) in [7, 11) is 0. The highest BCUT2D eigenvalue weighted by molar-refractivity contribution is 5.97. The zero-order chi connectivity index (χ0) is 32.6. The van der Waals surface area contributed by atoms with Gasteiger partial charge in [-0.15, -0.1) is 0 Å². The Morgan fingerprint density at radius 1 is 0.500 bits per heavy atom. The molecule has 0 aliphatic rings. The molecule has 0 radical (unpaired) electrons. The summed E-state index contributed by atoms with van der Waals surface area (Å²) in [6.45, 7) is 26.2. The van der Waals surface area contributed by atoms with Crippen LogP contribution in [0.15, 0.2) is 94.2 Å². The van der Waals surface area contributed by atoms with Crippen molar-refractivity contribution >= 4 is 34.2 Å². The minimum Gasteiger partial charge on any atom is -0.359 e. The molecule has 234 valence electrons. The molecular weight excluding hydrogens is 536 g/mol. The average Bonchev–Trinajstić information content (AvgIpc) is 2.92. The van der Waals surface area contributed by atoms with Crippen molar-refractivity contribution in [3.63, 3.8) is 0 Å². The van der Waals surface area contributed by atoms with Gasteiger partial charge in [0.1, 0.15) is 0 Å². The Morgan fingerprint density at radius 2 is 0.795 bits per heavy atom. The third-order valence-corrected chi connectivity index (χ3v) is 7.66. The maximum absolute atomic E-state index is 5.10. The Bertz CT molecular complexity index is 1380. The van der Waals surface area contributed by atoms with Crippen molar-refractivity contribution in [1.29, 1.82) is 0 Å². The molecule has 0 saturated carbocycles. The van der Waals surface area contributed by atoms with Gasteiger partial charge in [-0.2, -0.15) is 0 Å². The lowest BCUT2D eigenvalue weighted by Crippen LogP contribution is -2.02. The highest BCUT2D eigenvalue weighted by Crippen LogP contribution is 2.36. The van der Waals surface area contributed by atoms with Crippen LogP contribution in [0.3, 0.4) is 0 Å². The second-order valence-electron chi connectivity index (χ2n) is 13.2. The van der Waals surface area contributed by atoms with Crippen LogP contribution in [0.1, 0.15) is 129 Å². The first kappa shape index (κ1) is 34.6. The van der Waals surface area contributed by atoms with Crippen LogP contribution in [0.4, 0.5) is 22.7 Å². The second kappa shape index (κ2) is 15.7. The number of allylic oxidation sites excluding steroid dienone is 4.